The summed E-state index contributed by atoms with van der Waals surface area (Å²) in [6.07, 6.45) is -0.215. The predicted octanol–water partition coefficient (Wildman–Crippen LogP) is 3.43. The summed E-state index contributed by atoms with van der Waals surface area (Å²) in [5.74, 6) is 0.825. The molecule has 0 saturated carbocycles. The first kappa shape index (κ1) is 14.1. The summed E-state index contributed by atoms with van der Waals surface area (Å²) in [6, 6.07) is 15.8. The van der Waals surface area contributed by atoms with Crippen molar-refractivity contribution < 1.29 is 14.6 Å². The van der Waals surface area contributed by atoms with Gasteiger partial charge >= 0.3 is 0 Å². The minimum atomic E-state index is -0.736. The molecule has 2 aromatic rings. The fourth-order valence-electron chi connectivity index (χ4n) is 2.83. The first-order valence-electron chi connectivity index (χ1n) is 7.40. The standard InChI is InChI=1S/C18H20O3/c1-2-20-18(13-7-4-3-5-8-13)16(19)15-10-6-9-14-11-12-21-17(14)15/h3-10,16,18-19H,2,11-12H2,1H3. The second kappa shape index (κ2) is 6.29. The van der Waals surface area contributed by atoms with Gasteiger partial charge in [-0.2, -0.15) is 0 Å². The Morgan fingerprint density at radius 2 is 1.95 bits per heavy atom. The Bertz CT molecular complexity index is 595. The van der Waals surface area contributed by atoms with E-state index in [0.717, 1.165) is 28.9 Å². The Hall–Kier alpha value is -1.84. The van der Waals surface area contributed by atoms with Crippen LogP contribution >= 0.6 is 0 Å². The van der Waals surface area contributed by atoms with Gasteiger partial charge in [0.25, 0.3) is 0 Å². The van der Waals surface area contributed by atoms with E-state index in [2.05, 4.69) is 6.07 Å². The lowest BCUT2D eigenvalue weighted by molar-refractivity contribution is -0.0369. The summed E-state index contributed by atoms with van der Waals surface area (Å²) in [4.78, 5) is 0. The van der Waals surface area contributed by atoms with Crippen LogP contribution in [0, 0.1) is 0 Å². The Balaban J connectivity index is 1.95. The van der Waals surface area contributed by atoms with Crippen LogP contribution in [0.15, 0.2) is 48.5 Å². The van der Waals surface area contributed by atoms with Crippen LogP contribution < -0.4 is 4.74 Å². The second-order valence-corrected chi connectivity index (χ2v) is 5.17. The predicted molar refractivity (Wildman–Crippen MR) is 81.4 cm³/mol. The van der Waals surface area contributed by atoms with Gasteiger partial charge in [-0.15, -0.1) is 0 Å². The van der Waals surface area contributed by atoms with Crippen LogP contribution in [0.5, 0.6) is 5.75 Å². The number of hydrogen-bond acceptors (Lipinski definition) is 3. The number of ether oxygens (including phenoxy) is 2. The highest BCUT2D eigenvalue weighted by molar-refractivity contribution is 5.46. The average molecular weight is 284 g/mol. The van der Waals surface area contributed by atoms with E-state index in [1.165, 1.54) is 0 Å². The SMILES string of the molecule is CCOC(c1ccccc1)C(O)c1cccc2c1OCC2. The van der Waals surface area contributed by atoms with Crippen LogP contribution in [-0.2, 0) is 11.2 Å². The molecule has 1 N–H and O–H groups in total. The summed E-state index contributed by atoms with van der Waals surface area (Å²) in [5.41, 5.74) is 2.95. The van der Waals surface area contributed by atoms with E-state index >= 15 is 0 Å². The molecule has 110 valence electrons. The van der Waals surface area contributed by atoms with Gasteiger partial charge in [-0.1, -0.05) is 48.5 Å². The van der Waals surface area contributed by atoms with Gasteiger partial charge in [0.15, 0.2) is 0 Å². The first-order chi connectivity index (χ1) is 10.3. The zero-order valence-corrected chi connectivity index (χ0v) is 12.2. The van der Waals surface area contributed by atoms with Gasteiger partial charge in [0.1, 0.15) is 18.0 Å². The second-order valence-electron chi connectivity index (χ2n) is 5.17. The number of hydrogen-bond donors (Lipinski definition) is 1. The van der Waals surface area contributed by atoms with Crippen molar-refractivity contribution in [3.63, 3.8) is 0 Å². The van der Waals surface area contributed by atoms with Gasteiger partial charge in [-0.25, -0.2) is 0 Å². The number of aliphatic hydroxyl groups is 1. The fraction of sp³-hybridized carbons (Fsp3) is 0.333. The van der Waals surface area contributed by atoms with E-state index in [-0.39, 0.29) is 6.10 Å². The molecule has 2 unspecified atom stereocenters. The first-order valence-corrected chi connectivity index (χ1v) is 7.40. The van der Waals surface area contributed by atoms with Crippen LogP contribution in [0.3, 0.4) is 0 Å². The third-order valence-corrected chi connectivity index (χ3v) is 3.82. The molecule has 1 aliphatic heterocycles. The Morgan fingerprint density at radius 1 is 1.14 bits per heavy atom. The third kappa shape index (κ3) is 2.80. The van der Waals surface area contributed by atoms with Crippen molar-refractivity contribution in [2.75, 3.05) is 13.2 Å². The van der Waals surface area contributed by atoms with Gasteiger partial charge in [0, 0.05) is 18.6 Å². The molecular weight excluding hydrogens is 264 g/mol. The van der Waals surface area contributed by atoms with Crippen molar-refractivity contribution in [1.82, 2.24) is 0 Å². The highest BCUT2D eigenvalue weighted by Gasteiger charge is 2.28. The van der Waals surface area contributed by atoms with E-state index in [0.29, 0.717) is 13.2 Å². The molecule has 3 rings (SSSR count). The molecule has 2 aromatic carbocycles. The topological polar surface area (TPSA) is 38.7 Å². The van der Waals surface area contributed by atoms with Crippen molar-refractivity contribution in [2.24, 2.45) is 0 Å². The lowest BCUT2D eigenvalue weighted by Crippen LogP contribution is -2.15. The van der Waals surface area contributed by atoms with Crippen molar-refractivity contribution >= 4 is 0 Å². The highest BCUT2D eigenvalue weighted by atomic mass is 16.5. The van der Waals surface area contributed by atoms with E-state index in [1.54, 1.807) is 0 Å². The van der Waals surface area contributed by atoms with Crippen molar-refractivity contribution in [3.8, 4) is 5.75 Å². The van der Waals surface area contributed by atoms with Crippen LogP contribution in [0.1, 0.15) is 35.8 Å². The molecule has 3 nitrogen and oxygen atoms in total. The molecule has 1 heterocycles. The van der Waals surface area contributed by atoms with Crippen LogP contribution in [0.2, 0.25) is 0 Å². The molecule has 0 aliphatic carbocycles. The van der Waals surface area contributed by atoms with Crippen molar-refractivity contribution in [3.05, 3.63) is 65.2 Å². The molecule has 0 saturated heterocycles. The van der Waals surface area contributed by atoms with Crippen LogP contribution in [0.4, 0.5) is 0 Å². The summed E-state index contributed by atoms with van der Waals surface area (Å²) >= 11 is 0. The van der Waals surface area contributed by atoms with E-state index in [1.807, 2.05) is 49.4 Å². The van der Waals surface area contributed by atoms with Gasteiger partial charge in [-0.3, -0.25) is 0 Å². The summed E-state index contributed by atoms with van der Waals surface area (Å²) in [6.45, 7) is 3.17. The maximum absolute atomic E-state index is 10.8. The average Bonchev–Trinajstić information content (AvgIpc) is 3.01. The van der Waals surface area contributed by atoms with Crippen molar-refractivity contribution in [2.45, 2.75) is 25.6 Å². The molecule has 0 amide bonds. The van der Waals surface area contributed by atoms with E-state index in [4.69, 9.17) is 9.47 Å². The molecule has 0 spiro atoms. The summed E-state index contributed by atoms with van der Waals surface area (Å²) < 4.78 is 11.5. The van der Waals surface area contributed by atoms with Gasteiger partial charge in [0.2, 0.25) is 0 Å². The molecule has 1 aliphatic rings. The largest absolute Gasteiger partial charge is 0.493 e. The smallest absolute Gasteiger partial charge is 0.128 e. The molecule has 0 bridgehead atoms. The minimum absolute atomic E-state index is 0.383. The number of para-hydroxylation sites is 1. The molecule has 0 radical (unpaired) electrons. The molecule has 0 fully saturated rings. The van der Waals surface area contributed by atoms with Gasteiger partial charge < -0.3 is 14.6 Å². The third-order valence-electron chi connectivity index (χ3n) is 3.82. The zero-order chi connectivity index (χ0) is 14.7. The Morgan fingerprint density at radius 3 is 2.71 bits per heavy atom. The Labute approximate surface area is 125 Å². The van der Waals surface area contributed by atoms with E-state index < -0.39 is 6.10 Å². The number of aliphatic hydroxyl groups excluding tert-OH is 1. The summed E-state index contributed by atoms with van der Waals surface area (Å²) in [5, 5.41) is 10.8. The van der Waals surface area contributed by atoms with Crippen LogP contribution in [0.25, 0.3) is 0 Å². The van der Waals surface area contributed by atoms with Gasteiger partial charge in [-0.05, 0) is 18.1 Å². The molecular formula is C18H20O3. The zero-order valence-electron chi connectivity index (χ0n) is 12.2. The van der Waals surface area contributed by atoms with Crippen molar-refractivity contribution in [1.29, 1.82) is 0 Å². The summed E-state index contributed by atoms with van der Waals surface area (Å²) in [7, 11) is 0. The molecule has 2 atom stereocenters. The minimum Gasteiger partial charge on any atom is -0.493 e. The maximum Gasteiger partial charge on any atom is 0.128 e. The molecule has 0 aromatic heterocycles. The maximum atomic E-state index is 10.8. The number of rotatable bonds is 5. The normalized spacial score (nSPS) is 16.1. The lowest BCUT2D eigenvalue weighted by Gasteiger charge is -2.25. The number of benzene rings is 2. The monoisotopic (exact) mass is 284 g/mol. The Kier molecular flexibility index (Phi) is 4.23. The van der Waals surface area contributed by atoms with E-state index in [9.17, 15) is 5.11 Å². The molecule has 3 heteroatoms. The van der Waals surface area contributed by atoms with Crippen LogP contribution in [-0.4, -0.2) is 18.3 Å². The lowest BCUT2D eigenvalue weighted by atomic mass is 9.96. The number of fused-ring (bicyclic) bond motifs is 1. The highest BCUT2D eigenvalue weighted by Crippen LogP contribution is 2.40. The van der Waals surface area contributed by atoms with Gasteiger partial charge in [0.05, 0.1) is 6.61 Å². The fourth-order valence-corrected chi connectivity index (χ4v) is 2.83. The quantitative estimate of drug-likeness (QED) is 0.914. The molecule has 21 heavy (non-hydrogen) atoms.